The molecule has 2 aromatic rings. The van der Waals surface area contributed by atoms with E-state index in [4.69, 9.17) is 4.74 Å². The van der Waals surface area contributed by atoms with Crippen molar-refractivity contribution in [2.24, 2.45) is 5.41 Å². The lowest BCUT2D eigenvalue weighted by molar-refractivity contribution is -0.136. The maximum atomic E-state index is 12.0. The van der Waals surface area contributed by atoms with Gasteiger partial charge in [-0.2, -0.15) is 11.3 Å². The van der Waals surface area contributed by atoms with Crippen molar-refractivity contribution in [3.8, 4) is 23.0 Å². The third-order valence-corrected chi connectivity index (χ3v) is 5.13. The Morgan fingerprint density at radius 3 is 2.68 bits per heavy atom. The molecule has 31 heavy (non-hydrogen) atoms. The molecule has 3 heteroatoms. The van der Waals surface area contributed by atoms with E-state index in [0.29, 0.717) is 12.0 Å². The Morgan fingerprint density at radius 2 is 1.97 bits per heavy atom. The topological polar surface area (TPSA) is 26.3 Å². The summed E-state index contributed by atoms with van der Waals surface area (Å²) in [5.41, 5.74) is 4.37. The summed E-state index contributed by atoms with van der Waals surface area (Å²) in [6.07, 6.45) is 13.4. The largest absolute Gasteiger partial charge is 0.466 e. The van der Waals surface area contributed by atoms with E-state index in [0.717, 1.165) is 19.3 Å². The highest BCUT2D eigenvalue weighted by Gasteiger charge is 2.07. The summed E-state index contributed by atoms with van der Waals surface area (Å²) in [7, 11) is 1.42. The van der Waals surface area contributed by atoms with Crippen LogP contribution in [-0.2, 0) is 9.53 Å². The zero-order chi connectivity index (χ0) is 22.5. The minimum Gasteiger partial charge on any atom is -0.466 e. The van der Waals surface area contributed by atoms with Gasteiger partial charge in [-0.1, -0.05) is 54.3 Å². The summed E-state index contributed by atoms with van der Waals surface area (Å²) in [5, 5.41) is 4.27. The van der Waals surface area contributed by atoms with Gasteiger partial charge in [0.15, 0.2) is 0 Å². The molecule has 1 heterocycles. The minimum absolute atomic E-state index is 0.0237. The molecule has 0 fully saturated rings. The maximum absolute atomic E-state index is 12.0. The van der Waals surface area contributed by atoms with Gasteiger partial charge in [0.05, 0.1) is 7.11 Å². The normalized spacial score (nSPS) is 12.2. The quantitative estimate of drug-likeness (QED) is 0.176. The molecule has 0 aliphatic rings. The second-order valence-corrected chi connectivity index (χ2v) is 9.10. The van der Waals surface area contributed by atoms with Crippen LogP contribution in [0.4, 0.5) is 0 Å². The summed E-state index contributed by atoms with van der Waals surface area (Å²) in [5.74, 6) is 5.91. The molecule has 0 spiro atoms. The fourth-order valence-corrected chi connectivity index (χ4v) is 3.53. The molecule has 0 atom stereocenters. The Morgan fingerprint density at radius 1 is 1.13 bits per heavy atom. The number of hydrogen-bond donors (Lipinski definition) is 0. The second kappa shape index (κ2) is 12.8. The van der Waals surface area contributed by atoms with Gasteiger partial charge in [-0.25, -0.2) is 4.79 Å². The molecular formula is C28H32O2S. The number of esters is 1. The fraction of sp³-hybridized carbons (Fsp3) is 0.321. The van der Waals surface area contributed by atoms with E-state index in [-0.39, 0.29) is 11.4 Å². The second-order valence-electron chi connectivity index (χ2n) is 8.32. The highest BCUT2D eigenvalue weighted by atomic mass is 32.1. The zero-order valence-corrected chi connectivity index (χ0v) is 19.8. The van der Waals surface area contributed by atoms with Crippen LogP contribution in [0.2, 0.25) is 0 Å². The van der Waals surface area contributed by atoms with Crippen LogP contribution in [0.3, 0.4) is 0 Å². The molecule has 0 unspecified atom stereocenters. The molecule has 0 radical (unpaired) electrons. The van der Waals surface area contributed by atoms with Crippen molar-refractivity contribution in [1.82, 2.24) is 0 Å². The number of carbonyl (C=O) groups excluding carboxylic acids is 1. The van der Waals surface area contributed by atoms with Crippen LogP contribution in [-0.4, -0.2) is 13.1 Å². The van der Waals surface area contributed by atoms with Gasteiger partial charge in [0.25, 0.3) is 0 Å². The summed E-state index contributed by atoms with van der Waals surface area (Å²) in [6.45, 7) is 6.22. The first-order valence-corrected chi connectivity index (χ1v) is 11.6. The molecule has 0 amide bonds. The van der Waals surface area contributed by atoms with E-state index >= 15 is 0 Å². The number of hydrogen-bond acceptors (Lipinski definition) is 3. The Bertz CT molecular complexity index is 974. The van der Waals surface area contributed by atoms with Crippen LogP contribution < -0.4 is 0 Å². The first-order valence-electron chi connectivity index (χ1n) is 10.6. The third-order valence-electron chi connectivity index (χ3n) is 4.45. The Hall–Kier alpha value is -2.83. The summed E-state index contributed by atoms with van der Waals surface area (Å²) in [6, 6.07) is 10.7. The van der Waals surface area contributed by atoms with E-state index < -0.39 is 0 Å². The molecule has 0 N–H and O–H groups in total. The van der Waals surface area contributed by atoms with Gasteiger partial charge in [0.1, 0.15) is 0 Å². The molecule has 0 bridgehead atoms. The fourth-order valence-electron chi connectivity index (χ4n) is 2.87. The van der Waals surface area contributed by atoms with Crippen LogP contribution in [0.15, 0.2) is 71.0 Å². The predicted octanol–water partition coefficient (Wildman–Crippen LogP) is 7.69. The number of benzene rings is 1. The molecule has 0 aliphatic carbocycles. The van der Waals surface area contributed by atoms with E-state index in [1.54, 1.807) is 11.3 Å². The van der Waals surface area contributed by atoms with E-state index in [1.807, 2.05) is 18.2 Å². The van der Waals surface area contributed by atoms with Gasteiger partial charge in [-0.15, -0.1) is 0 Å². The minimum atomic E-state index is -0.269. The Kier molecular flexibility index (Phi) is 10.1. The van der Waals surface area contributed by atoms with Crippen molar-refractivity contribution in [2.75, 3.05) is 7.11 Å². The number of methoxy groups -OCH3 is 1. The van der Waals surface area contributed by atoms with E-state index in [9.17, 15) is 4.79 Å². The number of allylic oxidation sites excluding steroid dienone is 4. The number of thiophene rings is 1. The average Bonchev–Trinajstić information content (AvgIpc) is 3.28. The van der Waals surface area contributed by atoms with Crippen molar-refractivity contribution in [3.05, 3.63) is 76.5 Å². The van der Waals surface area contributed by atoms with Crippen molar-refractivity contribution in [3.63, 3.8) is 0 Å². The predicted molar refractivity (Wildman–Crippen MR) is 134 cm³/mol. The first kappa shape index (κ1) is 24.4. The number of carbonyl (C=O) groups is 1. The van der Waals surface area contributed by atoms with Gasteiger partial charge in [0.2, 0.25) is 0 Å². The highest BCUT2D eigenvalue weighted by Crippen LogP contribution is 2.23. The van der Waals surface area contributed by atoms with Gasteiger partial charge >= 0.3 is 5.97 Å². The van der Waals surface area contributed by atoms with Crippen molar-refractivity contribution < 1.29 is 9.53 Å². The number of rotatable bonds is 9. The number of unbranched alkanes of at least 4 members (excludes halogenated alkanes) is 2. The van der Waals surface area contributed by atoms with Crippen LogP contribution in [0.1, 0.15) is 52.0 Å². The third kappa shape index (κ3) is 9.68. The summed E-state index contributed by atoms with van der Waals surface area (Å²) >= 11 is 1.71. The molecule has 2 nitrogen and oxygen atoms in total. The van der Waals surface area contributed by atoms with E-state index in [2.05, 4.69) is 85.9 Å². The first-order chi connectivity index (χ1) is 14.9. The molecule has 2 rings (SSSR count). The van der Waals surface area contributed by atoms with E-state index in [1.165, 1.54) is 23.8 Å². The van der Waals surface area contributed by atoms with Crippen LogP contribution >= 0.6 is 11.3 Å². The highest BCUT2D eigenvalue weighted by molar-refractivity contribution is 7.08. The van der Waals surface area contributed by atoms with Gasteiger partial charge in [-0.3, -0.25) is 0 Å². The van der Waals surface area contributed by atoms with Crippen LogP contribution in [0.5, 0.6) is 0 Å². The molecule has 0 aliphatic heterocycles. The van der Waals surface area contributed by atoms with Crippen LogP contribution in [0, 0.1) is 17.3 Å². The van der Waals surface area contributed by atoms with Gasteiger partial charge in [0, 0.05) is 11.0 Å². The average molecular weight is 433 g/mol. The lowest BCUT2D eigenvalue weighted by Crippen LogP contribution is -2.04. The molecule has 162 valence electrons. The standard InChI is InChI=1S/C28H32O2S/c1-28(2,3)19-11-7-10-16-24(27(29)30-4)15-9-6-5-8-13-23-14-12-17-25(21-23)26-18-20-31-22-26/h7-8,10,12-15,17-18,20-22H,5-6,9,16H2,1-4H3. The lowest BCUT2D eigenvalue weighted by Gasteiger charge is -2.06. The van der Waals surface area contributed by atoms with Crippen molar-refractivity contribution in [2.45, 2.75) is 46.5 Å². The van der Waals surface area contributed by atoms with Gasteiger partial charge < -0.3 is 4.74 Å². The Labute approximate surface area is 191 Å². The SMILES string of the molecule is COC(=O)C(=CCCCC=Cc1cccc(-c2ccsc2)c1)CC=CC#CC(C)(C)C. The molecule has 1 aromatic carbocycles. The number of ether oxygens (including phenoxy) is 1. The summed E-state index contributed by atoms with van der Waals surface area (Å²) < 4.78 is 4.91. The lowest BCUT2D eigenvalue weighted by atomic mass is 9.98. The Balaban J connectivity index is 1.84. The zero-order valence-electron chi connectivity index (χ0n) is 19.0. The molecular weight excluding hydrogens is 400 g/mol. The van der Waals surface area contributed by atoms with Crippen molar-refractivity contribution in [1.29, 1.82) is 0 Å². The van der Waals surface area contributed by atoms with Crippen LogP contribution in [0.25, 0.3) is 17.2 Å². The molecule has 0 saturated heterocycles. The maximum Gasteiger partial charge on any atom is 0.333 e. The van der Waals surface area contributed by atoms with Crippen molar-refractivity contribution >= 4 is 23.4 Å². The molecule has 1 aromatic heterocycles. The van der Waals surface area contributed by atoms with Gasteiger partial charge in [-0.05, 0) is 92.1 Å². The monoisotopic (exact) mass is 432 g/mol. The summed E-state index contributed by atoms with van der Waals surface area (Å²) in [4.78, 5) is 12.0. The smallest absolute Gasteiger partial charge is 0.333 e. The molecule has 0 saturated carbocycles.